The molecule has 1 heterocycles. The van der Waals surface area contributed by atoms with Gasteiger partial charge in [-0.25, -0.2) is 0 Å². The first-order chi connectivity index (χ1) is 12.5. The Morgan fingerprint density at radius 3 is 1.62 bits per heavy atom. The van der Waals surface area contributed by atoms with Crippen molar-refractivity contribution < 1.29 is 4.74 Å². The molecule has 3 nitrogen and oxygen atoms in total. The fourth-order valence-corrected chi connectivity index (χ4v) is 3.55. The second kappa shape index (κ2) is 6.41. The number of fused-ring (bicyclic) bond motifs is 2. The Hall–Kier alpha value is -2.94. The molecule has 0 bridgehead atoms. The van der Waals surface area contributed by atoms with Crippen LogP contribution in [-0.2, 0) is 0 Å². The average molecular weight is 344 g/mol. The maximum Gasteiger partial charge on any atom is 0.133 e. The standard InChI is InChI=1S/C23H24N2O/c1-24(2)17-10-12-19-21(14-17)26-22-15-18(25(3)4)11-13-20(22)23(19)16-8-6-5-7-9-16/h5-15,23H,1-4H3. The monoisotopic (exact) mass is 344 g/mol. The van der Waals surface area contributed by atoms with Gasteiger partial charge in [0.05, 0.1) is 0 Å². The quantitative estimate of drug-likeness (QED) is 0.514. The van der Waals surface area contributed by atoms with Gasteiger partial charge in [-0.2, -0.15) is 0 Å². The summed E-state index contributed by atoms with van der Waals surface area (Å²) in [7, 11) is 8.21. The predicted octanol–water partition coefficient (Wildman–Crippen LogP) is 5.10. The number of hydrogen-bond acceptors (Lipinski definition) is 3. The van der Waals surface area contributed by atoms with Gasteiger partial charge in [-0.05, 0) is 17.7 Å². The zero-order chi connectivity index (χ0) is 18.3. The first kappa shape index (κ1) is 16.5. The molecule has 1 aliphatic rings. The Kier molecular flexibility index (Phi) is 4.08. The van der Waals surface area contributed by atoms with E-state index < -0.39 is 0 Å². The van der Waals surface area contributed by atoms with Crippen LogP contribution in [0.2, 0.25) is 0 Å². The van der Waals surface area contributed by atoms with Gasteiger partial charge in [0.25, 0.3) is 0 Å². The highest BCUT2D eigenvalue weighted by Gasteiger charge is 2.29. The molecule has 0 unspecified atom stereocenters. The molecule has 3 heteroatoms. The van der Waals surface area contributed by atoms with Crippen molar-refractivity contribution in [2.75, 3.05) is 38.0 Å². The van der Waals surface area contributed by atoms with E-state index in [0.717, 1.165) is 22.9 Å². The molecule has 0 N–H and O–H groups in total. The minimum Gasteiger partial charge on any atom is -0.457 e. The number of hydrogen-bond donors (Lipinski definition) is 0. The fourth-order valence-electron chi connectivity index (χ4n) is 3.55. The van der Waals surface area contributed by atoms with Crippen molar-refractivity contribution in [3.63, 3.8) is 0 Å². The molecule has 0 atom stereocenters. The van der Waals surface area contributed by atoms with Gasteiger partial charge in [-0.1, -0.05) is 42.5 Å². The molecule has 0 radical (unpaired) electrons. The smallest absolute Gasteiger partial charge is 0.133 e. The van der Waals surface area contributed by atoms with Crippen molar-refractivity contribution in [2.24, 2.45) is 0 Å². The maximum atomic E-state index is 6.36. The maximum absolute atomic E-state index is 6.36. The summed E-state index contributed by atoms with van der Waals surface area (Å²) in [6.45, 7) is 0. The molecule has 26 heavy (non-hydrogen) atoms. The first-order valence-corrected chi connectivity index (χ1v) is 8.90. The lowest BCUT2D eigenvalue weighted by molar-refractivity contribution is 0.453. The third-order valence-electron chi connectivity index (χ3n) is 5.00. The van der Waals surface area contributed by atoms with Crippen molar-refractivity contribution in [1.82, 2.24) is 0 Å². The van der Waals surface area contributed by atoms with E-state index in [-0.39, 0.29) is 5.92 Å². The van der Waals surface area contributed by atoms with Crippen LogP contribution in [0.5, 0.6) is 11.5 Å². The summed E-state index contributed by atoms with van der Waals surface area (Å²) in [4.78, 5) is 4.21. The largest absolute Gasteiger partial charge is 0.457 e. The number of nitrogens with zero attached hydrogens (tertiary/aromatic N) is 2. The SMILES string of the molecule is CN(C)c1ccc2c(c1)Oc1cc(N(C)C)ccc1C2c1ccccc1. The summed E-state index contributed by atoms with van der Waals surface area (Å²) < 4.78 is 6.36. The molecule has 0 saturated carbocycles. The van der Waals surface area contributed by atoms with Gasteiger partial charge in [0, 0.05) is 68.7 Å². The third-order valence-corrected chi connectivity index (χ3v) is 5.00. The van der Waals surface area contributed by atoms with Crippen LogP contribution < -0.4 is 14.5 Å². The van der Waals surface area contributed by atoms with E-state index in [9.17, 15) is 0 Å². The van der Waals surface area contributed by atoms with Crippen molar-refractivity contribution >= 4 is 11.4 Å². The number of ether oxygens (including phenoxy) is 1. The van der Waals surface area contributed by atoms with Gasteiger partial charge in [0.15, 0.2) is 0 Å². The van der Waals surface area contributed by atoms with E-state index in [1.165, 1.54) is 16.7 Å². The minimum absolute atomic E-state index is 0.183. The molecule has 0 fully saturated rings. The molecule has 0 amide bonds. The lowest BCUT2D eigenvalue weighted by Gasteiger charge is -2.30. The zero-order valence-corrected chi connectivity index (χ0v) is 15.7. The molecule has 3 aromatic carbocycles. The van der Waals surface area contributed by atoms with Crippen molar-refractivity contribution in [3.05, 3.63) is 83.4 Å². The average Bonchev–Trinajstić information content (AvgIpc) is 2.65. The van der Waals surface area contributed by atoms with Crippen LogP contribution in [0, 0.1) is 0 Å². The molecular weight excluding hydrogens is 320 g/mol. The Labute approximate surface area is 155 Å². The summed E-state index contributed by atoms with van der Waals surface area (Å²) in [5.74, 6) is 2.06. The van der Waals surface area contributed by atoms with Crippen LogP contribution in [-0.4, -0.2) is 28.2 Å². The van der Waals surface area contributed by atoms with Gasteiger partial charge in [-0.3, -0.25) is 0 Å². The van der Waals surface area contributed by atoms with Crippen LogP contribution in [0.1, 0.15) is 22.6 Å². The number of anilines is 2. The van der Waals surface area contributed by atoms with Crippen molar-refractivity contribution in [2.45, 2.75) is 5.92 Å². The molecule has 1 aliphatic heterocycles. The summed E-state index contributed by atoms with van der Waals surface area (Å²) >= 11 is 0. The second-order valence-electron chi connectivity index (χ2n) is 7.18. The Balaban J connectivity index is 1.91. The van der Waals surface area contributed by atoms with Crippen LogP contribution in [0.25, 0.3) is 0 Å². The zero-order valence-electron chi connectivity index (χ0n) is 15.7. The lowest BCUT2D eigenvalue weighted by Crippen LogP contribution is -2.15. The lowest BCUT2D eigenvalue weighted by atomic mass is 9.82. The van der Waals surface area contributed by atoms with Gasteiger partial charge in [0.2, 0.25) is 0 Å². The number of benzene rings is 3. The highest BCUT2D eigenvalue weighted by atomic mass is 16.5. The summed E-state index contributed by atoms with van der Waals surface area (Å²) in [6.07, 6.45) is 0. The van der Waals surface area contributed by atoms with E-state index >= 15 is 0 Å². The topological polar surface area (TPSA) is 15.7 Å². The molecule has 0 saturated heterocycles. The minimum atomic E-state index is 0.183. The first-order valence-electron chi connectivity index (χ1n) is 8.90. The van der Waals surface area contributed by atoms with E-state index in [0.29, 0.717) is 0 Å². The van der Waals surface area contributed by atoms with E-state index in [4.69, 9.17) is 4.74 Å². The summed E-state index contributed by atoms with van der Waals surface area (Å²) in [6, 6.07) is 23.7. The van der Waals surface area contributed by atoms with Crippen LogP contribution in [0.15, 0.2) is 66.7 Å². The second-order valence-corrected chi connectivity index (χ2v) is 7.18. The van der Waals surface area contributed by atoms with Crippen molar-refractivity contribution in [1.29, 1.82) is 0 Å². The molecule has 0 aromatic heterocycles. The van der Waals surface area contributed by atoms with Gasteiger partial charge >= 0.3 is 0 Å². The highest BCUT2D eigenvalue weighted by Crippen LogP contribution is 2.49. The normalized spacial score (nSPS) is 12.8. The van der Waals surface area contributed by atoms with Gasteiger partial charge in [0.1, 0.15) is 11.5 Å². The van der Waals surface area contributed by atoms with E-state index in [1.807, 2.05) is 0 Å². The van der Waals surface area contributed by atoms with Crippen LogP contribution in [0.3, 0.4) is 0 Å². The molecule has 3 aromatic rings. The van der Waals surface area contributed by atoms with E-state index in [2.05, 4.69) is 105 Å². The van der Waals surface area contributed by atoms with Crippen molar-refractivity contribution in [3.8, 4) is 11.5 Å². The third kappa shape index (κ3) is 2.80. The van der Waals surface area contributed by atoms with Crippen LogP contribution >= 0.6 is 0 Å². The molecular formula is C23H24N2O. The fraction of sp³-hybridized carbons (Fsp3) is 0.217. The van der Waals surface area contributed by atoms with Crippen LogP contribution in [0.4, 0.5) is 11.4 Å². The Bertz CT molecular complexity index is 875. The van der Waals surface area contributed by atoms with E-state index in [1.54, 1.807) is 0 Å². The number of rotatable bonds is 3. The summed E-state index contributed by atoms with van der Waals surface area (Å²) in [5.41, 5.74) is 6.00. The van der Waals surface area contributed by atoms with Gasteiger partial charge < -0.3 is 14.5 Å². The predicted molar refractivity (Wildman–Crippen MR) is 109 cm³/mol. The highest BCUT2D eigenvalue weighted by molar-refractivity contribution is 5.65. The van der Waals surface area contributed by atoms with Gasteiger partial charge in [-0.15, -0.1) is 0 Å². The Morgan fingerprint density at radius 2 is 1.15 bits per heavy atom. The summed E-state index contributed by atoms with van der Waals surface area (Å²) in [5, 5.41) is 0. The molecule has 0 aliphatic carbocycles. The molecule has 4 rings (SSSR count). The molecule has 0 spiro atoms. The molecule has 132 valence electrons. The Morgan fingerprint density at radius 1 is 0.654 bits per heavy atom.